The van der Waals surface area contributed by atoms with E-state index in [2.05, 4.69) is 15.3 Å². The van der Waals surface area contributed by atoms with Crippen LogP contribution in [0.25, 0.3) is 10.9 Å². The van der Waals surface area contributed by atoms with Crippen molar-refractivity contribution >= 4 is 16.7 Å². The van der Waals surface area contributed by atoms with Crippen LogP contribution in [-0.4, -0.2) is 32.3 Å². The number of pyridine rings is 1. The molecule has 0 saturated carbocycles. The van der Waals surface area contributed by atoms with Gasteiger partial charge in [-0.3, -0.25) is 14.5 Å². The molecule has 0 aliphatic rings. The molecule has 0 spiro atoms. The molecule has 0 amide bonds. The van der Waals surface area contributed by atoms with Gasteiger partial charge in [0.05, 0.1) is 18.3 Å². The summed E-state index contributed by atoms with van der Waals surface area (Å²) in [5.74, 6) is -0.188. The predicted octanol–water partition coefficient (Wildman–Crippen LogP) is 1.02. The Kier molecular flexibility index (Phi) is 3.22. The molecule has 0 bridgehead atoms. The number of ketones is 1. The van der Waals surface area contributed by atoms with Gasteiger partial charge in [-0.1, -0.05) is 23.4 Å². The summed E-state index contributed by atoms with van der Waals surface area (Å²) in [6.07, 6.45) is 3.16. The van der Waals surface area contributed by atoms with E-state index >= 15 is 0 Å². The molecular formula is C14H13N5O. The van der Waals surface area contributed by atoms with Gasteiger partial charge in [-0.2, -0.15) is 0 Å². The van der Waals surface area contributed by atoms with Crippen LogP contribution in [0.4, 0.5) is 0 Å². The van der Waals surface area contributed by atoms with Gasteiger partial charge in [0.2, 0.25) is 5.78 Å². The first-order chi connectivity index (χ1) is 9.78. The highest BCUT2D eigenvalue weighted by Crippen LogP contribution is 2.14. The Balaban J connectivity index is 1.94. The van der Waals surface area contributed by atoms with Crippen LogP contribution < -0.4 is 5.73 Å². The molecule has 6 nitrogen and oxygen atoms in total. The summed E-state index contributed by atoms with van der Waals surface area (Å²) < 4.78 is 1.56. The van der Waals surface area contributed by atoms with Gasteiger partial charge in [-0.15, -0.1) is 5.10 Å². The molecule has 3 aromatic rings. The van der Waals surface area contributed by atoms with E-state index in [1.807, 2.05) is 30.3 Å². The minimum absolute atomic E-state index is 0.188. The summed E-state index contributed by atoms with van der Waals surface area (Å²) in [7, 11) is 0. The second kappa shape index (κ2) is 5.18. The molecule has 0 saturated heterocycles. The minimum atomic E-state index is -0.188. The average molecular weight is 267 g/mol. The van der Waals surface area contributed by atoms with Gasteiger partial charge < -0.3 is 5.73 Å². The second-order valence-corrected chi connectivity index (χ2v) is 4.40. The first-order valence-electron chi connectivity index (χ1n) is 6.27. The number of fused-ring (bicyclic) bond motifs is 1. The van der Waals surface area contributed by atoms with Crippen LogP contribution in [0.5, 0.6) is 0 Å². The lowest BCUT2D eigenvalue weighted by atomic mass is 10.1. The maximum atomic E-state index is 12.3. The molecule has 6 heteroatoms. The fourth-order valence-corrected chi connectivity index (χ4v) is 1.99. The Morgan fingerprint density at radius 2 is 2.15 bits per heavy atom. The first-order valence-corrected chi connectivity index (χ1v) is 6.27. The highest BCUT2D eigenvalue weighted by Gasteiger charge is 2.14. The summed E-state index contributed by atoms with van der Waals surface area (Å²) in [4.78, 5) is 16.6. The third kappa shape index (κ3) is 2.28. The van der Waals surface area contributed by atoms with Crippen molar-refractivity contribution in [1.82, 2.24) is 20.0 Å². The Bertz CT molecular complexity index is 765. The topological polar surface area (TPSA) is 86.7 Å². The average Bonchev–Trinajstić information content (AvgIpc) is 2.95. The molecule has 2 heterocycles. The number of carbonyl (C=O) groups is 1. The van der Waals surface area contributed by atoms with Crippen molar-refractivity contribution in [2.75, 3.05) is 6.54 Å². The Labute approximate surface area is 115 Å². The summed E-state index contributed by atoms with van der Waals surface area (Å²) in [5.41, 5.74) is 7.10. The van der Waals surface area contributed by atoms with Crippen LogP contribution in [0.1, 0.15) is 16.1 Å². The fraction of sp³-hybridized carbons (Fsp3) is 0.143. The predicted molar refractivity (Wildman–Crippen MR) is 74.3 cm³/mol. The van der Waals surface area contributed by atoms with Crippen molar-refractivity contribution in [2.24, 2.45) is 5.73 Å². The molecule has 0 fully saturated rings. The summed E-state index contributed by atoms with van der Waals surface area (Å²) in [5, 5.41) is 8.66. The van der Waals surface area contributed by atoms with Gasteiger partial charge in [0.1, 0.15) is 0 Å². The van der Waals surface area contributed by atoms with Gasteiger partial charge in [-0.25, -0.2) is 0 Å². The second-order valence-electron chi connectivity index (χ2n) is 4.40. The molecular weight excluding hydrogens is 254 g/mol. The van der Waals surface area contributed by atoms with Crippen LogP contribution in [0, 0.1) is 0 Å². The number of nitrogens with zero attached hydrogens (tertiary/aromatic N) is 4. The van der Waals surface area contributed by atoms with Gasteiger partial charge in [0.15, 0.2) is 5.69 Å². The number of rotatable bonds is 4. The number of carbonyl (C=O) groups excluding carboxylic acids is 1. The monoisotopic (exact) mass is 267 g/mol. The molecule has 2 N–H and O–H groups in total. The SMILES string of the molecule is NCCn1cc(C(=O)c2cnc3ccccc3c2)nn1. The van der Waals surface area contributed by atoms with E-state index in [-0.39, 0.29) is 5.78 Å². The lowest BCUT2D eigenvalue weighted by Crippen LogP contribution is -2.10. The molecule has 0 atom stereocenters. The Hall–Kier alpha value is -2.60. The third-order valence-electron chi connectivity index (χ3n) is 2.98. The summed E-state index contributed by atoms with van der Waals surface area (Å²) in [6.45, 7) is 0.991. The van der Waals surface area contributed by atoms with Crippen LogP contribution >= 0.6 is 0 Å². The number of benzene rings is 1. The molecule has 2 aromatic heterocycles. The fourth-order valence-electron chi connectivity index (χ4n) is 1.99. The smallest absolute Gasteiger partial charge is 0.216 e. The van der Waals surface area contributed by atoms with E-state index in [0.29, 0.717) is 24.3 Å². The zero-order valence-electron chi connectivity index (χ0n) is 10.7. The maximum Gasteiger partial charge on any atom is 0.216 e. The largest absolute Gasteiger partial charge is 0.329 e. The van der Waals surface area contributed by atoms with E-state index < -0.39 is 0 Å². The summed E-state index contributed by atoms with van der Waals surface area (Å²) >= 11 is 0. The van der Waals surface area contributed by atoms with Crippen molar-refractivity contribution in [3.63, 3.8) is 0 Å². The molecule has 0 radical (unpaired) electrons. The number of para-hydroxylation sites is 1. The zero-order valence-corrected chi connectivity index (χ0v) is 10.7. The van der Waals surface area contributed by atoms with Gasteiger partial charge >= 0.3 is 0 Å². The standard InChI is InChI=1S/C14H13N5O/c15-5-6-19-9-13(17-18-19)14(20)11-7-10-3-1-2-4-12(10)16-8-11/h1-4,7-9H,5-6,15H2. The molecule has 0 aliphatic heterocycles. The van der Waals surface area contributed by atoms with E-state index in [1.165, 1.54) is 0 Å². The number of nitrogens with two attached hydrogens (primary N) is 1. The quantitative estimate of drug-likeness (QED) is 0.713. The van der Waals surface area contributed by atoms with Crippen molar-refractivity contribution in [2.45, 2.75) is 6.54 Å². The minimum Gasteiger partial charge on any atom is -0.329 e. The number of aromatic nitrogens is 4. The number of hydrogen-bond acceptors (Lipinski definition) is 5. The van der Waals surface area contributed by atoms with Crippen molar-refractivity contribution in [3.05, 3.63) is 54.0 Å². The molecule has 20 heavy (non-hydrogen) atoms. The molecule has 0 aliphatic carbocycles. The van der Waals surface area contributed by atoms with E-state index in [0.717, 1.165) is 10.9 Å². The van der Waals surface area contributed by atoms with Crippen molar-refractivity contribution in [3.8, 4) is 0 Å². The zero-order chi connectivity index (χ0) is 13.9. The maximum absolute atomic E-state index is 12.3. The van der Waals surface area contributed by atoms with Crippen molar-refractivity contribution < 1.29 is 4.79 Å². The Morgan fingerprint density at radius 1 is 1.30 bits per heavy atom. The van der Waals surface area contributed by atoms with Crippen LogP contribution in [0.15, 0.2) is 42.7 Å². The van der Waals surface area contributed by atoms with E-state index in [4.69, 9.17) is 5.73 Å². The normalized spacial score (nSPS) is 10.8. The van der Waals surface area contributed by atoms with E-state index in [9.17, 15) is 4.79 Å². The van der Waals surface area contributed by atoms with Crippen LogP contribution in [-0.2, 0) is 6.54 Å². The third-order valence-corrected chi connectivity index (χ3v) is 2.98. The molecule has 1 aromatic carbocycles. The van der Waals surface area contributed by atoms with Gasteiger partial charge in [0, 0.05) is 23.7 Å². The highest BCUT2D eigenvalue weighted by molar-refractivity contribution is 6.08. The van der Waals surface area contributed by atoms with Gasteiger partial charge in [0.25, 0.3) is 0 Å². The lowest BCUT2D eigenvalue weighted by Gasteiger charge is -2.00. The van der Waals surface area contributed by atoms with Crippen molar-refractivity contribution in [1.29, 1.82) is 0 Å². The van der Waals surface area contributed by atoms with E-state index in [1.54, 1.807) is 17.1 Å². The first kappa shape index (κ1) is 12.4. The molecule has 100 valence electrons. The highest BCUT2D eigenvalue weighted by atomic mass is 16.1. The van der Waals surface area contributed by atoms with Crippen LogP contribution in [0.2, 0.25) is 0 Å². The molecule has 3 rings (SSSR count). The summed E-state index contributed by atoms with van der Waals surface area (Å²) in [6, 6.07) is 9.46. The Morgan fingerprint density at radius 3 is 3.00 bits per heavy atom. The van der Waals surface area contributed by atoms with Crippen LogP contribution in [0.3, 0.4) is 0 Å². The lowest BCUT2D eigenvalue weighted by molar-refractivity contribution is 0.103. The molecule has 0 unspecified atom stereocenters. The van der Waals surface area contributed by atoms with Gasteiger partial charge in [-0.05, 0) is 12.1 Å². The number of hydrogen-bond donors (Lipinski definition) is 1.